The van der Waals surface area contributed by atoms with E-state index in [9.17, 15) is 13.6 Å². The fourth-order valence-electron chi connectivity index (χ4n) is 3.06. The Kier molecular flexibility index (Phi) is 3.56. The van der Waals surface area contributed by atoms with Crippen molar-refractivity contribution in [2.45, 2.75) is 44.7 Å². The molecule has 1 aromatic carbocycles. The van der Waals surface area contributed by atoms with E-state index in [0.717, 1.165) is 15.6 Å². The van der Waals surface area contributed by atoms with Crippen molar-refractivity contribution < 1.29 is 13.6 Å². The van der Waals surface area contributed by atoms with Gasteiger partial charge in [0.1, 0.15) is 0 Å². The second-order valence-corrected chi connectivity index (χ2v) is 6.65. The molecule has 2 nitrogen and oxygen atoms in total. The van der Waals surface area contributed by atoms with E-state index >= 15 is 0 Å². The van der Waals surface area contributed by atoms with Crippen molar-refractivity contribution in [2.24, 2.45) is 5.92 Å². The number of carbonyl (C=O) groups is 1. The standard InChI is InChI=1S/C15H16BrF2NO/c16-13-2-1-11-8-19(9-12(11)7-13)14(20)10-3-5-15(17,18)6-4-10/h1-2,7,10H,3-6,8-9H2. The van der Waals surface area contributed by atoms with Crippen LogP contribution in [-0.4, -0.2) is 16.7 Å². The maximum Gasteiger partial charge on any atom is 0.248 e. The van der Waals surface area contributed by atoms with Crippen molar-refractivity contribution in [3.63, 3.8) is 0 Å². The first-order valence-corrected chi connectivity index (χ1v) is 7.68. The largest absolute Gasteiger partial charge is 0.334 e. The molecule has 5 heteroatoms. The molecule has 0 saturated heterocycles. The smallest absolute Gasteiger partial charge is 0.248 e. The molecule has 0 radical (unpaired) electrons. The van der Waals surface area contributed by atoms with E-state index in [2.05, 4.69) is 15.9 Å². The lowest BCUT2D eigenvalue weighted by atomic mass is 9.86. The summed E-state index contributed by atoms with van der Waals surface area (Å²) in [5.41, 5.74) is 2.30. The van der Waals surface area contributed by atoms with Crippen molar-refractivity contribution in [2.75, 3.05) is 0 Å². The molecule has 1 amide bonds. The zero-order valence-corrected chi connectivity index (χ0v) is 12.6. The van der Waals surface area contributed by atoms with Crippen molar-refractivity contribution in [1.82, 2.24) is 4.90 Å². The van der Waals surface area contributed by atoms with Gasteiger partial charge in [0.05, 0.1) is 0 Å². The molecule has 1 aromatic rings. The average molecular weight is 344 g/mol. The van der Waals surface area contributed by atoms with Crippen LogP contribution < -0.4 is 0 Å². The average Bonchev–Trinajstić information content (AvgIpc) is 2.80. The maximum absolute atomic E-state index is 13.1. The molecule has 1 saturated carbocycles. The van der Waals surface area contributed by atoms with E-state index in [1.165, 1.54) is 0 Å². The molecule has 1 fully saturated rings. The maximum atomic E-state index is 13.1. The van der Waals surface area contributed by atoms with Gasteiger partial charge in [-0.2, -0.15) is 0 Å². The van der Waals surface area contributed by atoms with Gasteiger partial charge in [0, 0.05) is 36.3 Å². The van der Waals surface area contributed by atoms with Crippen LogP contribution in [0.4, 0.5) is 8.78 Å². The highest BCUT2D eigenvalue weighted by atomic mass is 79.9. The van der Waals surface area contributed by atoms with Crippen LogP contribution in [0.15, 0.2) is 22.7 Å². The molecule has 2 aliphatic rings. The summed E-state index contributed by atoms with van der Waals surface area (Å²) in [5.74, 6) is -2.77. The highest BCUT2D eigenvalue weighted by molar-refractivity contribution is 9.10. The van der Waals surface area contributed by atoms with Crippen molar-refractivity contribution in [3.8, 4) is 0 Å². The van der Waals surface area contributed by atoms with Crippen LogP contribution in [0.3, 0.4) is 0 Å². The molecule has 3 rings (SSSR count). The van der Waals surface area contributed by atoms with Gasteiger partial charge in [0.25, 0.3) is 0 Å². The number of amides is 1. The normalized spacial score (nSPS) is 21.9. The number of hydrogen-bond acceptors (Lipinski definition) is 1. The van der Waals surface area contributed by atoms with E-state index in [1.807, 2.05) is 18.2 Å². The zero-order valence-electron chi connectivity index (χ0n) is 11.0. The lowest BCUT2D eigenvalue weighted by Crippen LogP contribution is -2.36. The van der Waals surface area contributed by atoms with Crippen LogP contribution in [0.5, 0.6) is 0 Å². The Bertz CT molecular complexity index is 537. The number of carbonyl (C=O) groups excluding carboxylic acids is 1. The molecule has 20 heavy (non-hydrogen) atoms. The molecule has 0 aromatic heterocycles. The molecule has 1 aliphatic heterocycles. The van der Waals surface area contributed by atoms with E-state index in [-0.39, 0.29) is 24.7 Å². The van der Waals surface area contributed by atoms with Gasteiger partial charge in [-0.05, 0) is 36.1 Å². The molecule has 0 N–H and O–H groups in total. The Hall–Kier alpha value is -0.970. The summed E-state index contributed by atoms with van der Waals surface area (Å²) in [4.78, 5) is 14.2. The summed E-state index contributed by atoms with van der Waals surface area (Å²) >= 11 is 3.42. The van der Waals surface area contributed by atoms with Crippen LogP contribution in [-0.2, 0) is 17.9 Å². The van der Waals surface area contributed by atoms with E-state index in [0.29, 0.717) is 25.9 Å². The van der Waals surface area contributed by atoms with Gasteiger partial charge in [-0.1, -0.05) is 22.0 Å². The molecule has 108 valence electrons. The molecule has 0 unspecified atom stereocenters. The number of rotatable bonds is 1. The monoisotopic (exact) mass is 343 g/mol. The van der Waals surface area contributed by atoms with E-state index in [1.54, 1.807) is 4.90 Å². The topological polar surface area (TPSA) is 20.3 Å². The quantitative estimate of drug-likeness (QED) is 0.751. The molecular weight excluding hydrogens is 328 g/mol. The van der Waals surface area contributed by atoms with Gasteiger partial charge < -0.3 is 4.90 Å². The van der Waals surface area contributed by atoms with Gasteiger partial charge in [0.15, 0.2) is 0 Å². The Morgan fingerprint density at radius 3 is 2.55 bits per heavy atom. The third kappa shape index (κ3) is 2.73. The first-order chi connectivity index (χ1) is 9.44. The highest BCUT2D eigenvalue weighted by Crippen LogP contribution is 2.38. The van der Waals surface area contributed by atoms with Gasteiger partial charge in [-0.15, -0.1) is 0 Å². The second-order valence-electron chi connectivity index (χ2n) is 5.74. The summed E-state index contributed by atoms with van der Waals surface area (Å²) < 4.78 is 27.3. The Morgan fingerprint density at radius 1 is 1.20 bits per heavy atom. The summed E-state index contributed by atoms with van der Waals surface area (Å²) in [6.45, 7) is 1.20. The first kappa shape index (κ1) is 14.0. The van der Waals surface area contributed by atoms with Gasteiger partial charge in [-0.3, -0.25) is 4.79 Å². The fourth-order valence-corrected chi connectivity index (χ4v) is 3.47. The van der Waals surface area contributed by atoms with Gasteiger partial charge in [-0.25, -0.2) is 8.78 Å². The number of hydrogen-bond donors (Lipinski definition) is 0. The van der Waals surface area contributed by atoms with Crippen molar-refractivity contribution in [3.05, 3.63) is 33.8 Å². The summed E-state index contributed by atoms with van der Waals surface area (Å²) in [5, 5.41) is 0. The molecule has 0 atom stereocenters. The number of nitrogens with zero attached hydrogens (tertiary/aromatic N) is 1. The molecule has 1 heterocycles. The summed E-state index contributed by atoms with van der Waals surface area (Å²) in [6.07, 6.45) is 0.302. The predicted molar refractivity (Wildman–Crippen MR) is 75.3 cm³/mol. The Labute approximate surface area is 125 Å². The Balaban J connectivity index is 1.66. The van der Waals surface area contributed by atoms with Gasteiger partial charge in [0.2, 0.25) is 11.8 Å². The molecular formula is C15H16BrF2NO. The second kappa shape index (κ2) is 5.10. The Morgan fingerprint density at radius 2 is 1.85 bits per heavy atom. The lowest BCUT2D eigenvalue weighted by Gasteiger charge is -2.30. The predicted octanol–water partition coefficient (Wildman–Crippen LogP) is 4.12. The molecule has 0 bridgehead atoms. The lowest BCUT2D eigenvalue weighted by molar-refractivity contribution is -0.140. The fraction of sp³-hybridized carbons (Fsp3) is 0.533. The SMILES string of the molecule is O=C(C1CCC(F)(F)CC1)N1Cc2ccc(Br)cc2C1. The third-order valence-corrected chi connectivity index (χ3v) is 4.76. The highest BCUT2D eigenvalue weighted by Gasteiger charge is 2.39. The minimum Gasteiger partial charge on any atom is -0.334 e. The first-order valence-electron chi connectivity index (χ1n) is 6.88. The van der Waals surface area contributed by atoms with Crippen molar-refractivity contribution in [1.29, 1.82) is 0 Å². The van der Waals surface area contributed by atoms with E-state index in [4.69, 9.17) is 0 Å². The van der Waals surface area contributed by atoms with Crippen LogP contribution >= 0.6 is 15.9 Å². The zero-order chi connectivity index (χ0) is 14.3. The van der Waals surface area contributed by atoms with Gasteiger partial charge >= 0.3 is 0 Å². The summed E-state index contributed by atoms with van der Waals surface area (Å²) in [7, 11) is 0. The number of alkyl halides is 2. The number of fused-ring (bicyclic) bond motifs is 1. The number of benzene rings is 1. The molecule has 1 aliphatic carbocycles. The van der Waals surface area contributed by atoms with E-state index < -0.39 is 5.92 Å². The van der Waals surface area contributed by atoms with Crippen molar-refractivity contribution >= 4 is 21.8 Å². The number of halogens is 3. The third-order valence-electron chi connectivity index (χ3n) is 4.27. The summed E-state index contributed by atoms with van der Waals surface area (Å²) in [6, 6.07) is 6.01. The van der Waals surface area contributed by atoms with Crippen LogP contribution in [0.1, 0.15) is 36.8 Å². The molecule has 0 spiro atoms. The van der Waals surface area contributed by atoms with Crippen LogP contribution in [0.2, 0.25) is 0 Å². The minimum atomic E-state index is -2.57. The van der Waals surface area contributed by atoms with Crippen LogP contribution in [0.25, 0.3) is 0 Å². The minimum absolute atomic E-state index is 0.0350. The van der Waals surface area contributed by atoms with Crippen LogP contribution in [0, 0.1) is 5.92 Å².